The SMILES string of the molecule is FC(F)(F)c1nnc2ccc(NCc3cccc(Cl)c3)nn12. The van der Waals surface area contributed by atoms with Gasteiger partial charge in [-0.2, -0.15) is 17.7 Å². The lowest BCUT2D eigenvalue weighted by Gasteiger charge is -2.07. The van der Waals surface area contributed by atoms with Crippen LogP contribution >= 0.6 is 11.6 Å². The van der Waals surface area contributed by atoms with E-state index in [4.69, 9.17) is 11.6 Å². The van der Waals surface area contributed by atoms with Gasteiger partial charge in [-0.1, -0.05) is 23.7 Å². The highest BCUT2D eigenvalue weighted by molar-refractivity contribution is 6.30. The van der Waals surface area contributed by atoms with Gasteiger partial charge >= 0.3 is 6.18 Å². The van der Waals surface area contributed by atoms with Crippen molar-refractivity contribution in [3.8, 4) is 0 Å². The molecule has 2 heterocycles. The smallest absolute Gasteiger partial charge is 0.365 e. The van der Waals surface area contributed by atoms with Crippen molar-refractivity contribution in [2.75, 3.05) is 5.32 Å². The van der Waals surface area contributed by atoms with Gasteiger partial charge in [-0.25, -0.2) is 0 Å². The zero-order valence-electron chi connectivity index (χ0n) is 11.0. The number of anilines is 1. The molecule has 0 atom stereocenters. The van der Waals surface area contributed by atoms with Crippen LogP contribution in [0.25, 0.3) is 5.65 Å². The number of fused-ring (bicyclic) bond motifs is 1. The normalized spacial score (nSPS) is 11.8. The fourth-order valence-corrected chi connectivity index (χ4v) is 2.11. The highest BCUT2D eigenvalue weighted by Gasteiger charge is 2.37. The van der Waals surface area contributed by atoms with E-state index in [0.29, 0.717) is 16.1 Å². The topological polar surface area (TPSA) is 55.1 Å². The van der Waals surface area contributed by atoms with Crippen LogP contribution in [0.1, 0.15) is 11.4 Å². The largest absolute Gasteiger partial charge is 0.453 e. The van der Waals surface area contributed by atoms with Crippen LogP contribution in [0.3, 0.4) is 0 Å². The van der Waals surface area contributed by atoms with Gasteiger partial charge in [0, 0.05) is 11.6 Å². The molecule has 9 heteroatoms. The molecule has 22 heavy (non-hydrogen) atoms. The van der Waals surface area contributed by atoms with Gasteiger partial charge < -0.3 is 5.32 Å². The van der Waals surface area contributed by atoms with E-state index in [0.717, 1.165) is 5.56 Å². The molecule has 3 aromatic rings. The van der Waals surface area contributed by atoms with Crippen LogP contribution in [0.2, 0.25) is 5.02 Å². The summed E-state index contributed by atoms with van der Waals surface area (Å²) in [6.45, 7) is 0.378. The molecule has 3 rings (SSSR count). The van der Waals surface area contributed by atoms with Crippen LogP contribution in [0, 0.1) is 0 Å². The van der Waals surface area contributed by atoms with Crippen LogP contribution < -0.4 is 5.32 Å². The van der Waals surface area contributed by atoms with Crippen molar-refractivity contribution in [2.24, 2.45) is 0 Å². The summed E-state index contributed by atoms with van der Waals surface area (Å²) in [5.41, 5.74) is 0.912. The van der Waals surface area contributed by atoms with Crippen LogP contribution in [0.5, 0.6) is 0 Å². The van der Waals surface area contributed by atoms with E-state index in [1.54, 1.807) is 18.2 Å². The Balaban J connectivity index is 1.85. The molecule has 0 fully saturated rings. The van der Waals surface area contributed by atoms with E-state index in [9.17, 15) is 13.2 Å². The van der Waals surface area contributed by atoms with Crippen molar-refractivity contribution in [2.45, 2.75) is 12.7 Å². The van der Waals surface area contributed by atoms with E-state index in [1.807, 2.05) is 6.07 Å². The van der Waals surface area contributed by atoms with Crippen molar-refractivity contribution >= 4 is 23.1 Å². The van der Waals surface area contributed by atoms with Gasteiger partial charge in [0.05, 0.1) is 0 Å². The van der Waals surface area contributed by atoms with Crippen LogP contribution in [-0.4, -0.2) is 19.8 Å². The first-order valence-corrected chi connectivity index (χ1v) is 6.59. The molecule has 0 saturated heterocycles. The predicted octanol–water partition coefficient (Wildman–Crippen LogP) is 3.41. The number of hydrogen-bond acceptors (Lipinski definition) is 4. The second-order valence-electron chi connectivity index (χ2n) is 4.49. The summed E-state index contributed by atoms with van der Waals surface area (Å²) in [7, 11) is 0. The number of rotatable bonds is 3. The van der Waals surface area contributed by atoms with Gasteiger partial charge in [0.15, 0.2) is 5.65 Å². The number of aromatic nitrogens is 4. The highest BCUT2D eigenvalue weighted by Crippen LogP contribution is 2.27. The first kappa shape index (κ1) is 14.6. The van der Waals surface area contributed by atoms with Crippen molar-refractivity contribution < 1.29 is 13.2 Å². The molecule has 114 valence electrons. The standard InChI is InChI=1S/C13H9ClF3N5/c14-9-3-1-2-8(6-9)7-18-10-4-5-11-19-20-12(13(15,16)17)22(11)21-10/h1-6H,7H2,(H,18,21). The molecule has 0 aliphatic rings. The van der Waals surface area contributed by atoms with Crippen molar-refractivity contribution in [3.63, 3.8) is 0 Å². The highest BCUT2D eigenvalue weighted by atomic mass is 35.5. The van der Waals surface area contributed by atoms with E-state index in [1.165, 1.54) is 12.1 Å². The molecule has 2 aromatic heterocycles. The molecule has 1 aromatic carbocycles. The maximum atomic E-state index is 12.8. The minimum Gasteiger partial charge on any atom is -0.365 e. The zero-order valence-corrected chi connectivity index (χ0v) is 11.7. The minimum atomic E-state index is -4.61. The number of nitrogens with one attached hydrogen (secondary N) is 1. The number of hydrogen-bond donors (Lipinski definition) is 1. The minimum absolute atomic E-state index is 0.0284. The Morgan fingerprint density at radius 3 is 2.68 bits per heavy atom. The van der Waals surface area contributed by atoms with Gasteiger partial charge in [0.2, 0.25) is 0 Å². The van der Waals surface area contributed by atoms with E-state index < -0.39 is 12.0 Å². The molecule has 0 radical (unpaired) electrons. The molecule has 5 nitrogen and oxygen atoms in total. The molecule has 0 amide bonds. The third kappa shape index (κ3) is 2.96. The summed E-state index contributed by atoms with van der Waals surface area (Å²) >= 11 is 5.87. The molecular formula is C13H9ClF3N5. The fraction of sp³-hybridized carbons (Fsp3) is 0.154. The van der Waals surface area contributed by atoms with Crippen LogP contribution in [0.15, 0.2) is 36.4 Å². The summed E-state index contributed by atoms with van der Waals surface area (Å²) < 4.78 is 39.0. The molecule has 0 saturated carbocycles. The van der Waals surface area contributed by atoms with E-state index in [2.05, 4.69) is 20.6 Å². The summed E-state index contributed by atoms with van der Waals surface area (Å²) in [4.78, 5) is 0. The average Bonchev–Trinajstić information content (AvgIpc) is 2.88. The maximum absolute atomic E-state index is 12.8. The number of halogens is 4. The summed E-state index contributed by atoms with van der Waals surface area (Å²) in [5, 5.41) is 13.9. The van der Waals surface area contributed by atoms with Crippen molar-refractivity contribution in [3.05, 3.63) is 52.8 Å². The lowest BCUT2D eigenvalue weighted by molar-refractivity contribution is -0.146. The third-order valence-corrected chi connectivity index (χ3v) is 3.11. The Bertz CT molecular complexity index is 815. The lowest BCUT2D eigenvalue weighted by Crippen LogP contribution is -2.13. The predicted molar refractivity (Wildman–Crippen MR) is 74.6 cm³/mol. The molecule has 0 spiro atoms. The molecule has 0 aliphatic heterocycles. The van der Waals surface area contributed by atoms with E-state index in [-0.39, 0.29) is 11.5 Å². The Morgan fingerprint density at radius 1 is 1.14 bits per heavy atom. The van der Waals surface area contributed by atoms with Crippen LogP contribution in [0.4, 0.5) is 19.0 Å². The van der Waals surface area contributed by atoms with Gasteiger partial charge in [0.25, 0.3) is 5.82 Å². The molecule has 1 N–H and O–H groups in total. The Hall–Kier alpha value is -2.35. The first-order valence-electron chi connectivity index (χ1n) is 6.21. The Kier molecular flexibility index (Phi) is 3.61. The van der Waals surface area contributed by atoms with Gasteiger partial charge in [-0.15, -0.1) is 15.3 Å². The van der Waals surface area contributed by atoms with Gasteiger partial charge in [0.1, 0.15) is 5.82 Å². The van der Waals surface area contributed by atoms with Crippen molar-refractivity contribution in [1.82, 2.24) is 19.8 Å². The summed E-state index contributed by atoms with van der Waals surface area (Å²) in [6, 6.07) is 10.1. The first-order chi connectivity index (χ1) is 10.4. The molecular weight excluding hydrogens is 319 g/mol. The third-order valence-electron chi connectivity index (χ3n) is 2.88. The zero-order chi connectivity index (χ0) is 15.7. The average molecular weight is 328 g/mol. The number of alkyl halides is 3. The monoisotopic (exact) mass is 327 g/mol. The Labute approximate surface area is 127 Å². The lowest BCUT2D eigenvalue weighted by atomic mass is 10.2. The van der Waals surface area contributed by atoms with E-state index >= 15 is 0 Å². The molecule has 0 bridgehead atoms. The van der Waals surface area contributed by atoms with Crippen LogP contribution in [-0.2, 0) is 12.7 Å². The summed E-state index contributed by atoms with van der Waals surface area (Å²) in [6.07, 6.45) is -4.61. The van der Waals surface area contributed by atoms with Crippen molar-refractivity contribution in [1.29, 1.82) is 0 Å². The second kappa shape index (κ2) is 5.45. The number of nitrogens with zero attached hydrogens (tertiary/aromatic N) is 4. The summed E-state index contributed by atoms with van der Waals surface area (Å²) in [5.74, 6) is -0.883. The molecule has 0 aliphatic carbocycles. The number of benzene rings is 1. The Morgan fingerprint density at radius 2 is 1.95 bits per heavy atom. The maximum Gasteiger partial charge on any atom is 0.453 e. The molecule has 0 unspecified atom stereocenters. The second-order valence-corrected chi connectivity index (χ2v) is 4.93. The van der Waals surface area contributed by atoms with Gasteiger partial charge in [-0.05, 0) is 29.8 Å². The quantitative estimate of drug-likeness (QED) is 0.801. The fourth-order valence-electron chi connectivity index (χ4n) is 1.90. The van der Waals surface area contributed by atoms with Gasteiger partial charge in [-0.3, -0.25) is 0 Å².